The molecule has 1 fully saturated rings. The van der Waals surface area contributed by atoms with Gasteiger partial charge in [0.2, 0.25) is 0 Å². The Hall–Kier alpha value is -3.38. The molecule has 0 aliphatic carbocycles. The standard InChI is InChI=1S/C26H29N3O3/c1-19-15-22(16-20(2)24(19)32-18-21-7-4-3-5-8-21)17-28-11-13-29(14-12-28)25-23(26(30)31)9-6-10-27-25/h3-10,15-16H,11-14,17-18H2,1-2H3,(H,30,31). The summed E-state index contributed by atoms with van der Waals surface area (Å²) in [5.41, 5.74) is 4.98. The number of anilines is 1. The topological polar surface area (TPSA) is 65.9 Å². The van der Waals surface area contributed by atoms with Crippen molar-refractivity contribution >= 4 is 11.8 Å². The Kier molecular flexibility index (Phi) is 6.71. The van der Waals surface area contributed by atoms with Crippen LogP contribution in [0.3, 0.4) is 0 Å². The van der Waals surface area contributed by atoms with Crippen molar-refractivity contribution in [2.75, 3.05) is 31.1 Å². The maximum atomic E-state index is 11.5. The molecule has 1 aromatic heterocycles. The molecule has 6 nitrogen and oxygen atoms in total. The van der Waals surface area contributed by atoms with Crippen molar-refractivity contribution < 1.29 is 14.6 Å². The van der Waals surface area contributed by atoms with E-state index >= 15 is 0 Å². The highest BCUT2D eigenvalue weighted by molar-refractivity contribution is 5.93. The van der Waals surface area contributed by atoms with E-state index in [1.54, 1.807) is 18.3 Å². The molecule has 2 aromatic carbocycles. The van der Waals surface area contributed by atoms with Crippen LogP contribution in [0.5, 0.6) is 5.75 Å². The summed E-state index contributed by atoms with van der Waals surface area (Å²) in [6, 6.07) is 17.9. The van der Waals surface area contributed by atoms with Crippen LogP contribution in [0.15, 0.2) is 60.8 Å². The van der Waals surface area contributed by atoms with Crippen molar-refractivity contribution in [2.45, 2.75) is 27.0 Å². The number of benzene rings is 2. The second kappa shape index (κ2) is 9.83. The van der Waals surface area contributed by atoms with Crippen molar-refractivity contribution in [1.29, 1.82) is 0 Å². The molecule has 0 atom stereocenters. The summed E-state index contributed by atoms with van der Waals surface area (Å²) in [7, 11) is 0. The number of pyridine rings is 1. The molecule has 0 spiro atoms. The first kappa shape index (κ1) is 21.8. The molecule has 2 heterocycles. The van der Waals surface area contributed by atoms with Crippen LogP contribution in [0.25, 0.3) is 0 Å². The third-order valence-corrected chi connectivity index (χ3v) is 5.84. The fourth-order valence-corrected chi connectivity index (χ4v) is 4.28. The number of carboxylic acids is 1. The Balaban J connectivity index is 1.37. The van der Waals surface area contributed by atoms with E-state index in [0.29, 0.717) is 12.4 Å². The number of hydrogen-bond acceptors (Lipinski definition) is 5. The van der Waals surface area contributed by atoms with Gasteiger partial charge in [-0.05, 0) is 48.2 Å². The molecule has 0 bridgehead atoms. The van der Waals surface area contributed by atoms with Gasteiger partial charge in [-0.25, -0.2) is 9.78 Å². The first-order valence-electron chi connectivity index (χ1n) is 10.9. The number of aryl methyl sites for hydroxylation is 2. The van der Waals surface area contributed by atoms with E-state index in [9.17, 15) is 9.90 Å². The van der Waals surface area contributed by atoms with Crippen LogP contribution in [-0.2, 0) is 13.2 Å². The smallest absolute Gasteiger partial charge is 0.339 e. The lowest BCUT2D eigenvalue weighted by atomic mass is 10.0. The molecule has 1 aliphatic heterocycles. The van der Waals surface area contributed by atoms with Crippen molar-refractivity contribution in [1.82, 2.24) is 9.88 Å². The van der Waals surface area contributed by atoms with E-state index in [1.165, 1.54) is 5.56 Å². The highest BCUT2D eigenvalue weighted by Gasteiger charge is 2.22. The van der Waals surface area contributed by atoms with Crippen molar-refractivity contribution in [3.63, 3.8) is 0 Å². The zero-order valence-corrected chi connectivity index (χ0v) is 18.6. The Morgan fingerprint density at radius 2 is 1.66 bits per heavy atom. The molecular formula is C26H29N3O3. The maximum Gasteiger partial charge on any atom is 0.339 e. The maximum absolute atomic E-state index is 11.5. The fourth-order valence-electron chi connectivity index (χ4n) is 4.28. The summed E-state index contributed by atoms with van der Waals surface area (Å²) in [6.45, 7) is 8.87. The molecule has 0 amide bonds. The molecule has 4 rings (SSSR count). The minimum Gasteiger partial charge on any atom is -0.488 e. The van der Waals surface area contributed by atoms with Gasteiger partial charge in [-0.2, -0.15) is 0 Å². The lowest BCUT2D eigenvalue weighted by Crippen LogP contribution is -2.46. The van der Waals surface area contributed by atoms with Crippen LogP contribution in [0.4, 0.5) is 5.82 Å². The molecule has 0 radical (unpaired) electrons. The largest absolute Gasteiger partial charge is 0.488 e. The van der Waals surface area contributed by atoms with Crippen LogP contribution >= 0.6 is 0 Å². The molecule has 1 N–H and O–H groups in total. The van der Waals surface area contributed by atoms with E-state index in [2.05, 4.69) is 52.9 Å². The van der Waals surface area contributed by atoms with Gasteiger partial charge in [0.05, 0.1) is 0 Å². The number of rotatable bonds is 7. The number of carboxylic acid groups (broad SMARTS) is 1. The summed E-state index contributed by atoms with van der Waals surface area (Å²) in [5, 5.41) is 9.43. The van der Waals surface area contributed by atoms with Gasteiger partial charge in [0.1, 0.15) is 23.7 Å². The summed E-state index contributed by atoms with van der Waals surface area (Å²) in [6.07, 6.45) is 1.65. The average molecular weight is 432 g/mol. The van der Waals surface area contributed by atoms with Gasteiger partial charge in [-0.15, -0.1) is 0 Å². The molecule has 1 saturated heterocycles. The van der Waals surface area contributed by atoms with Crippen molar-refractivity contribution in [2.24, 2.45) is 0 Å². The number of piperazine rings is 1. The Labute approximate surface area is 189 Å². The molecule has 3 aromatic rings. The highest BCUT2D eigenvalue weighted by atomic mass is 16.5. The summed E-state index contributed by atoms with van der Waals surface area (Å²) >= 11 is 0. The SMILES string of the molecule is Cc1cc(CN2CCN(c3ncccc3C(=O)O)CC2)cc(C)c1OCc1ccccc1. The van der Waals surface area contributed by atoms with Crippen LogP contribution in [0.1, 0.15) is 32.6 Å². The lowest BCUT2D eigenvalue weighted by Gasteiger charge is -2.36. The third kappa shape index (κ3) is 5.08. The van der Waals surface area contributed by atoms with Gasteiger partial charge >= 0.3 is 5.97 Å². The van der Waals surface area contributed by atoms with Gasteiger partial charge in [0, 0.05) is 38.9 Å². The second-order valence-electron chi connectivity index (χ2n) is 8.28. The number of nitrogens with zero attached hydrogens (tertiary/aromatic N) is 3. The van der Waals surface area contributed by atoms with Gasteiger partial charge in [-0.1, -0.05) is 42.5 Å². The van der Waals surface area contributed by atoms with Crippen LogP contribution in [0, 0.1) is 13.8 Å². The molecule has 166 valence electrons. The van der Waals surface area contributed by atoms with E-state index in [4.69, 9.17) is 4.74 Å². The van der Waals surface area contributed by atoms with Crippen LogP contribution in [-0.4, -0.2) is 47.1 Å². The van der Waals surface area contributed by atoms with E-state index in [-0.39, 0.29) is 5.56 Å². The number of carbonyl (C=O) groups is 1. The number of hydrogen-bond donors (Lipinski definition) is 1. The Morgan fingerprint density at radius 3 is 2.31 bits per heavy atom. The predicted octanol–water partition coefficient (Wildman–Crippen LogP) is 4.30. The molecular weight excluding hydrogens is 402 g/mol. The molecule has 0 unspecified atom stereocenters. The monoisotopic (exact) mass is 431 g/mol. The average Bonchev–Trinajstić information content (AvgIpc) is 2.80. The third-order valence-electron chi connectivity index (χ3n) is 5.84. The first-order valence-corrected chi connectivity index (χ1v) is 10.9. The zero-order valence-electron chi connectivity index (χ0n) is 18.6. The zero-order chi connectivity index (χ0) is 22.5. The quantitative estimate of drug-likeness (QED) is 0.602. The Bertz CT molecular complexity index is 1050. The van der Waals surface area contributed by atoms with Crippen molar-refractivity contribution in [3.05, 3.63) is 88.6 Å². The predicted molar refractivity (Wildman–Crippen MR) is 125 cm³/mol. The fraction of sp³-hybridized carbons (Fsp3) is 0.308. The normalized spacial score (nSPS) is 14.4. The molecule has 0 saturated carbocycles. The van der Waals surface area contributed by atoms with Gasteiger partial charge in [0.25, 0.3) is 0 Å². The first-order chi connectivity index (χ1) is 15.5. The minimum atomic E-state index is -0.934. The van der Waals surface area contributed by atoms with E-state index in [0.717, 1.165) is 55.2 Å². The number of aromatic nitrogens is 1. The summed E-state index contributed by atoms with van der Waals surface area (Å²) in [4.78, 5) is 20.3. The van der Waals surface area contributed by atoms with Crippen LogP contribution < -0.4 is 9.64 Å². The molecule has 6 heteroatoms. The van der Waals surface area contributed by atoms with Crippen molar-refractivity contribution in [3.8, 4) is 5.75 Å². The van der Waals surface area contributed by atoms with E-state index in [1.807, 2.05) is 18.2 Å². The summed E-state index contributed by atoms with van der Waals surface area (Å²) < 4.78 is 6.12. The second-order valence-corrected chi connectivity index (χ2v) is 8.28. The highest BCUT2D eigenvalue weighted by Crippen LogP contribution is 2.27. The Morgan fingerprint density at radius 1 is 0.969 bits per heavy atom. The van der Waals surface area contributed by atoms with Gasteiger partial charge in [-0.3, -0.25) is 4.90 Å². The number of aromatic carboxylic acids is 1. The van der Waals surface area contributed by atoms with E-state index < -0.39 is 5.97 Å². The lowest BCUT2D eigenvalue weighted by molar-refractivity contribution is 0.0697. The van der Waals surface area contributed by atoms with Crippen LogP contribution in [0.2, 0.25) is 0 Å². The number of ether oxygens (including phenoxy) is 1. The van der Waals surface area contributed by atoms with Gasteiger partial charge < -0.3 is 14.7 Å². The van der Waals surface area contributed by atoms with Gasteiger partial charge in [0.15, 0.2) is 0 Å². The molecule has 1 aliphatic rings. The molecule has 32 heavy (non-hydrogen) atoms. The minimum absolute atomic E-state index is 0.262. The summed E-state index contributed by atoms with van der Waals surface area (Å²) in [5.74, 6) is 0.584.